The minimum absolute atomic E-state index is 0.0108. The Bertz CT molecular complexity index is 252. The second kappa shape index (κ2) is 4.12. The molecule has 12 heavy (non-hydrogen) atoms. The van der Waals surface area contributed by atoms with Gasteiger partial charge in [-0.05, 0) is 31.9 Å². The molecule has 1 heterocycles. The fourth-order valence-electron chi connectivity index (χ4n) is 1.09. The molecule has 0 bridgehead atoms. The van der Waals surface area contributed by atoms with E-state index in [1.165, 1.54) is 0 Å². The number of allylic oxidation sites excluding steroid dienone is 1. The van der Waals surface area contributed by atoms with Gasteiger partial charge in [0, 0.05) is 0 Å². The van der Waals surface area contributed by atoms with E-state index < -0.39 is 0 Å². The lowest BCUT2D eigenvalue weighted by atomic mass is 10.1. The van der Waals surface area contributed by atoms with E-state index >= 15 is 0 Å². The Morgan fingerprint density at radius 2 is 2.42 bits per heavy atom. The Kier molecular flexibility index (Phi) is 3.11. The quantitative estimate of drug-likeness (QED) is 0.696. The smallest absolute Gasteiger partial charge is 0.120 e. The highest BCUT2D eigenvalue weighted by molar-refractivity contribution is 5.09. The molecule has 2 nitrogen and oxygen atoms in total. The van der Waals surface area contributed by atoms with Crippen molar-refractivity contribution in [3.8, 4) is 0 Å². The second-order valence-electron chi connectivity index (χ2n) is 2.92. The molecule has 1 rings (SSSR count). The summed E-state index contributed by atoms with van der Waals surface area (Å²) in [5, 5.41) is 0. The van der Waals surface area contributed by atoms with Gasteiger partial charge in [-0.3, -0.25) is 0 Å². The summed E-state index contributed by atoms with van der Waals surface area (Å²) in [7, 11) is 0. The van der Waals surface area contributed by atoms with Gasteiger partial charge < -0.3 is 10.2 Å². The van der Waals surface area contributed by atoms with Gasteiger partial charge in [0.1, 0.15) is 11.5 Å². The van der Waals surface area contributed by atoms with E-state index in [4.69, 9.17) is 10.2 Å². The molecular formula is C10H15NO. The maximum Gasteiger partial charge on any atom is 0.120 e. The second-order valence-corrected chi connectivity index (χ2v) is 2.92. The minimum atomic E-state index is 0.0108. The van der Waals surface area contributed by atoms with E-state index in [0.29, 0.717) is 0 Å². The monoisotopic (exact) mass is 165 g/mol. The lowest BCUT2D eigenvalue weighted by Crippen LogP contribution is -2.08. The van der Waals surface area contributed by atoms with Crippen molar-refractivity contribution in [3.05, 3.63) is 36.3 Å². The maximum atomic E-state index is 5.85. The molecule has 0 saturated heterocycles. The van der Waals surface area contributed by atoms with Gasteiger partial charge in [0.05, 0.1) is 6.04 Å². The van der Waals surface area contributed by atoms with Crippen molar-refractivity contribution in [2.45, 2.75) is 25.8 Å². The van der Waals surface area contributed by atoms with Gasteiger partial charge >= 0.3 is 0 Å². The third kappa shape index (κ3) is 2.24. The average Bonchev–Trinajstić information content (AvgIpc) is 2.47. The number of rotatable bonds is 4. The maximum absolute atomic E-state index is 5.85. The van der Waals surface area contributed by atoms with Crippen LogP contribution in [0.5, 0.6) is 0 Å². The molecule has 0 aliphatic rings. The summed E-state index contributed by atoms with van der Waals surface area (Å²) in [5.74, 6) is 1.79. The zero-order valence-electron chi connectivity index (χ0n) is 7.42. The Balaban J connectivity index is 2.52. The van der Waals surface area contributed by atoms with Crippen LogP contribution >= 0.6 is 0 Å². The molecule has 0 radical (unpaired) electrons. The molecule has 0 unspecified atom stereocenters. The van der Waals surface area contributed by atoms with Gasteiger partial charge in [0.2, 0.25) is 0 Å². The van der Waals surface area contributed by atoms with Gasteiger partial charge in [0.15, 0.2) is 0 Å². The van der Waals surface area contributed by atoms with Crippen LogP contribution in [0.25, 0.3) is 0 Å². The fourth-order valence-corrected chi connectivity index (χ4v) is 1.09. The number of furan rings is 1. The molecule has 2 N–H and O–H groups in total. The highest BCUT2D eigenvalue weighted by Gasteiger charge is 2.07. The Hall–Kier alpha value is -1.02. The van der Waals surface area contributed by atoms with Crippen molar-refractivity contribution in [1.29, 1.82) is 0 Å². The van der Waals surface area contributed by atoms with Crippen LogP contribution in [0.2, 0.25) is 0 Å². The molecule has 0 saturated carbocycles. The van der Waals surface area contributed by atoms with Gasteiger partial charge in [-0.15, -0.1) is 6.58 Å². The summed E-state index contributed by atoms with van der Waals surface area (Å²) in [6.45, 7) is 5.57. The molecule has 1 atom stereocenters. The van der Waals surface area contributed by atoms with Gasteiger partial charge in [0.25, 0.3) is 0 Å². The van der Waals surface area contributed by atoms with Crippen LogP contribution in [0.1, 0.15) is 30.4 Å². The zero-order valence-corrected chi connectivity index (χ0v) is 7.42. The van der Waals surface area contributed by atoms with Crippen LogP contribution < -0.4 is 5.73 Å². The Morgan fingerprint density at radius 1 is 1.67 bits per heavy atom. The summed E-state index contributed by atoms with van der Waals surface area (Å²) < 4.78 is 5.38. The molecule has 0 aromatic carbocycles. The average molecular weight is 165 g/mol. The summed E-state index contributed by atoms with van der Waals surface area (Å²) in [4.78, 5) is 0. The fraction of sp³-hybridized carbons (Fsp3) is 0.400. The molecule has 66 valence electrons. The Morgan fingerprint density at radius 3 is 2.92 bits per heavy atom. The Labute approximate surface area is 73.1 Å². The predicted octanol–water partition coefficient (Wildman–Crippen LogP) is 2.55. The van der Waals surface area contributed by atoms with Crippen molar-refractivity contribution >= 4 is 0 Å². The van der Waals surface area contributed by atoms with Gasteiger partial charge in [-0.25, -0.2) is 0 Å². The number of aryl methyl sites for hydroxylation is 1. The molecule has 0 aliphatic carbocycles. The first-order valence-electron chi connectivity index (χ1n) is 4.17. The van der Waals surface area contributed by atoms with Crippen LogP contribution in [-0.2, 0) is 0 Å². The zero-order chi connectivity index (χ0) is 8.97. The van der Waals surface area contributed by atoms with Crippen molar-refractivity contribution in [2.24, 2.45) is 5.73 Å². The van der Waals surface area contributed by atoms with Crippen molar-refractivity contribution in [2.75, 3.05) is 0 Å². The van der Waals surface area contributed by atoms with Crippen LogP contribution in [0.4, 0.5) is 0 Å². The van der Waals surface area contributed by atoms with E-state index in [-0.39, 0.29) is 6.04 Å². The first kappa shape index (κ1) is 9.07. The summed E-state index contributed by atoms with van der Waals surface area (Å²) >= 11 is 0. The molecule has 1 aromatic heterocycles. The SMILES string of the molecule is C=CCC[C@H](N)c1ccc(C)o1. The van der Waals surface area contributed by atoms with Gasteiger partial charge in [-0.2, -0.15) is 0 Å². The molecule has 0 fully saturated rings. The minimum Gasteiger partial charge on any atom is -0.465 e. The van der Waals surface area contributed by atoms with Crippen LogP contribution in [-0.4, -0.2) is 0 Å². The number of hydrogen-bond acceptors (Lipinski definition) is 2. The number of nitrogens with two attached hydrogens (primary N) is 1. The lowest BCUT2D eigenvalue weighted by molar-refractivity contribution is 0.436. The van der Waals surface area contributed by atoms with E-state index in [1.54, 1.807) is 0 Å². The first-order valence-corrected chi connectivity index (χ1v) is 4.17. The van der Waals surface area contributed by atoms with Crippen LogP contribution in [0, 0.1) is 6.92 Å². The first-order chi connectivity index (χ1) is 5.74. The van der Waals surface area contributed by atoms with E-state index in [9.17, 15) is 0 Å². The topological polar surface area (TPSA) is 39.2 Å². The van der Waals surface area contributed by atoms with Crippen LogP contribution in [0.15, 0.2) is 29.2 Å². The van der Waals surface area contributed by atoms with Crippen molar-refractivity contribution in [1.82, 2.24) is 0 Å². The number of hydrogen-bond donors (Lipinski definition) is 1. The lowest BCUT2D eigenvalue weighted by Gasteiger charge is -2.05. The highest BCUT2D eigenvalue weighted by Crippen LogP contribution is 2.18. The highest BCUT2D eigenvalue weighted by atomic mass is 16.3. The third-order valence-electron chi connectivity index (χ3n) is 1.81. The third-order valence-corrected chi connectivity index (χ3v) is 1.81. The summed E-state index contributed by atoms with van der Waals surface area (Å²) in [5.41, 5.74) is 5.85. The molecule has 2 heteroatoms. The molecule has 0 spiro atoms. The van der Waals surface area contributed by atoms with E-state index in [0.717, 1.165) is 24.4 Å². The van der Waals surface area contributed by atoms with Crippen LogP contribution in [0.3, 0.4) is 0 Å². The summed E-state index contributed by atoms with van der Waals surface area (Å²) in [6.07, 6.45) is 3.70. The largest absolute Gasteiger partial charge is 0.465 e. The van der Waals surface area contributed by atoms with E-state index in [1.807, 2.05) is 25.1 Å². The molecule has 0 amide bonds. The molecule has 0 aliphatic heterocycles. The van der Waals surface area contributed by atoms with Crippen molar-refractivity contribution < 1.29 is 4.42 Å². The molecular weight excluding hydrogens is 150 g/mol. The van der Waals surface area contributed by atoms with Gasteiger partial charge in [-0.1, -0.05) is 6.08 Å². The summed E-state index contributed by atoms with van der Waals surface area (Å²) in [6, 6.07) is 3.88. The van der Waals surface area contributed by atoms with E-state index in [2.05, 4.69) is 6.58 Å². The van der Waals surface area contributed by atoms with Crippen molar-refractivity contribution in [3.63, 3.8) is 0 Å². The molecule has 1 aromatic rings. The predicted molar refractivity (Wildman–Crippen MR) is 49.8 cm³/mol. The standard InChI is InChI=1S/C10H15NO/c1-3-4-5-9(11)10-7-6-8(2)12-10/h3,6-7,9H,1,4-5,11H2,2H3/t9-/m0/s1. The normalized spacial score (nSPS) is 12.8.